The van der Waals surface area contributed by atoms with Crippen LogP contribution in [-0.4, -0.2) is 23.9 Å². The van der Waals surface area contributed by atoms with E-state index in [0.29, 0.717) is 21.3 Å². The number of rotatable bonds is 5. The minimum atomic E-state index is -1.07. The van der Waals surface area contributed by atoms with Gasteiger partial charge < -0.3 is 15.4 Å². The van der Waals surface area contributed by atoms with Gasteiger partial charge in [0.1, 0.15) is 5.00 Å². The van der Waals surface area contributed by atoms with Crippen molar-refractivity contribution in [3.63, 3.8) is 0 Å². The molecule has 1 unspecified atom stereocenters. The van der Waals surface area contributed by atoms with Crippen LogP contribution in [0.3, 0.4) is 0 Å². The quantitative estimate of drug-likeness (QED) is 0.668. The van der Waals surface area contributed by atoms with E-state index in [1.54, 1.807) is 19.1 Å². The Morgan fingerprint density at radius 1 is 1.15 bits per heavy atom. The molecule has 0 saturated heterocycles. The molecule has 27 heavy (non-hydrogen) atoms. The minimum Gasteiger partial charge on any atom is -0.449 e. The van der Waals surface area contributed by atoms with Crippen LogP contribution in [0, 0.1) is 13.8 Å². The van der Waals surface area contributed by atoms with E-state index in [4.69, 9.17) is 27.9 Å². The number of carbonyl (C=O) groups excluding carboxylic acids is 3. The number of thiophene rings is 1. The van der Waals surface area contributed by atoms with Crippen LogP contribution in [0.4, 0.5) is 10.7 Å². The molecule has 1 heterocycles. The summed E-state index contributed by atoms with van der Waals surface area (Å²) >= 11 is 13.1. The van der Waals surface area contributed by atoms with Crippen LogP contribution >= 0.6 is 34.5 Å². The lowest BCUT2D eigenvalue weighted by Crippen LogP contribution is -2.30. The molecule has 0 spiro atoms. The first-order valence-corrected chi connectivity index (χ1v) is 9.51. The van der Waals surface area contributed by atoms with E-state index in [0.717, 1.165) is 4.88 Å². The molecule has 1 atom stereocenters. The van der Waals surface area contributed by atoms with Crippen LogP contribution < -0.4 is 10.6 Å². The fourth-order valence-electron chi connectivity index (χ4n) is 2.22. The highest BCUT2D eigenvalue weighted by Gasteiger charge is 2.26. The van der Waals surface area contributed by atoms with Gasteiger partial charge in [0.25, 0.3) is 5.91 Å². The maximum Gasteiger partial charge on any atom is 0.342 e. The molecule has 2 aromatic rings. The molecular weight excluding hydrogens is 411 g/mol. The summed E-state index contributed by atoms with van der Waals surface area (Å²) in [5.41, 5.74) is 1.30. The molecule has 144 valence electrons. The molecule has 1 aromatic carbocycles. The van der Waals surface area contributed by atoms with Crippen molar-refractivity contribution in [3.05, 3.63) is 44.2 Å². The number of hydrogen-bond acceptors (Lipinski definition) is 5. The number of hydrogen-bond donors (Lipinski definition) is 2. The van der Waals surface area contributed by atoms with Crippen molar-refractivity contribution in [2.45, 2.75) is 33.8 Å². The zero-order valence-electron chi connectivity index (χ0n) is 15.1. The van der Waals surface area contributed by atoms with E-state index in [1.165, 1.54) is 31.3 Å². The van der Waals surface area contributed by atoms with E-state index < -0.39 is 18.0 Å². The Morgan fingerprint density at radius 2 is 1.81 bits per heavy atom. The number of esters is 1. The second-order valence-corrected chi connectivity index (χ2v) is 7.90. The predicted octanol–water partition coefficient (Wildman–Crippen LogP) is 4.81. The molecule has 0 radical (unpaired) electrons. The second-order valence-electron chi connectivity index (χ2n) is 5.83. The van der Waals surface area contributed by atoms with Crippen molar-refractivity contribution in [1.82, 2.24) is 0 Å². The van der Waals surface area contributed by atoms with Gasteiger partial charge in [-0.05, 0) is 44.5 Å². The lowest BCUT2D eigenvalue weighted by atomic mass is 10.1. The Morgan fingerprint density at radius 3 is 2.41 bits per heavy atom. The molecule has 2 N–H and O–H groups in total. The van der Waals surface area contributed by atoms with Crippen LogP contribution in [0.5, 0.6) is 0 Å². The summed E-state index contributed by atoms with van der Waals surface area (Å²) in [7, 11) is 0. The van der Waals surface area contributed by atoms with Crippen LogP contribution in [0.15, 0.2) is 18.2 Å². The highest BCUT2D eigenvalue weighted by atomic mass is 35.5. The monoisotopic (exact) mass is 428 g/mol. The largest absolute Gasteiger partial charge is 0.449 e. The topological polar surface area (TPSA) is 84.5 Å². The molecule has 6 nitrogen and oxygen atoms in total. The Bertz CT molecular complexity index is 911. The molecule has 0 bridgehead atoms. The van der Waals surface area contributed by atoms with Gasteiger partial charge in [-0.25, -0.2) is 4.79 Å². The van der Waals surface area contributed by atoms with Gasteiger partial charge in [0, 0.05) is 16.8 Å². The van der Waals surface area contributed by atoms with Crippen LogP contribution in [0.25, 0.3) is 0 Å². The maximum atomic E-state index is 12.6. The van der Waals surface area contributed by atoms with Crippen LogP contribution in [-0.2, 0) is 14.3 Å². The Kier molecular flexibility index (Phi) is 6.86. The predicted molar refractivity (Wildman–Crippen MR) is 108 cm³/mol. The number of nitrogens with one attached hydrogen (secondary N) is 2. The number of amides is 2. The van der Waals surface area contributed by atoms with Crippen molar-refractivity contribution in [2.24, 2.45) is 0 Å². The molecule has 0 fully saturated rings. The van der Waals surface area contributed by atoms with E-state index in [-0.39, 0.29) is 16.5 Å². The highest BCUT2D eigenvalue weighted by Crippen LogP contribution is 2.33. The standard InChI is InChI=1S/C18H18Cl2N2O4S/c1-8-10(3)27-17(21-11(4)23)15(8)18(25)26-9(2)16(24)22-14-6-5-12(19)7-13(14)20/h5-7,9H,1-4H3,(H,21,23)(H,22,24). The first-order valence-electron chi connectivity index (χ1n) is 7.94. The van der Waals surface area contributed by atoms with Crippen molar-refractivity contribution in [2.75, 3.05) is 10.6 Å². The van der Waals surface area contributed by atoms with Crippen molar-refractivity contribution < 1.29 is 19.1 Å². The first kappa shape index (κ1) is 21.2. The third kappa shape index (κ3) is 5.22. The van der Waals surface area contributed by atoms with E-state index in [1.807, 2.05) is 6.92 Å². The number of halogens is 2. The molecule has 9 heteroatoms. The molecule has 0 aliphatic heterocycles. The number of benzene rings is 1. The van der Waals surface area contributed by atoms with Gasteiger partial charge in [-0.2, -0.15) is 0 Å². The fourth-order valence-corrected chi connectivity index (χ4v) is 3.77. The lowest BCUT2D eigenvalue weighted by Gasteiger charge is -2.15. The smallest absolute Gasteiger partial charge is 0.342 e. The third-order valence-corrected chi connectivity index (χ3v) is 5.39. The summed E-state index contributed by atoms with van der Waals surface area (Å²) in [5.74, 6) is -1.53. The first-order chi connectivity index (χ1) is 12.6. The van der Waals surface area contributed by atoms with E-state index >= 15 is 0 Å². The second kappa shape index (κ2) is 8.73. The number of carbonyl (C=O) groups is 3. The van der Waals surface area contributed by atoms with Gasteiger partial charge in [0.15, 0.2) is 6.10 Å². The molecule has 2 rings (SSSR count). The molecule has 2 amide bonds. The zero-order chi connectivity index (χ0) is 20.3. The number of anilines is 2. The zero-order valence-corrected chi connectivity index (χ0v) is 17.4. The Hall–Kier alpha value is -2.09. The third-order valence-electron chi connectivity index (χ3n) is 3.72. The van der Waals surface area contributed by atoms with Crippen molar-refractivity contribution in [3.8, 4) is 0 Å². The number of ether oxygens (including phenoxy) is 1. The summed E-state index contributed by atoms with van der Waals surface area (Å²) in [6.45, 7) is 6.39. The fraction of sp³-hybridized carbons (Fsp3) is 0.278. The average Bonchev–Trinajstić information content (AvgIpc) is 2.83. The van der Waals surface area contributed by atoms with Gasteiger partial charge in [-0.15, -0.1) is 11.3 Å². The Balaban J connectivity index is 2.13. The lowest BCUT2D eigenvalue weighted by molar-refractivity contribution is -0.123. The van der Waals surface area contributed by atoms with E-state index in [9.17, 15) is 14.4 Å². The summed E-state index contributed by atoms with van der Waals surface area (Å²) in [6.07, 6.45) is -1.07. The SMILES string of the molecule is CC(=O)Nc1sc(C)c(C)c1C(=O)OC(C)C(=O)Nc1ccc(Cl)cc1Cl. The van der Waals surface area contributed by atoms with Crippen molar-refractivity contribution in [1.29, 1.82) is 0 Å². The number of aryl methyl sites for hydroxylation is 1. The highest BCUT2D eigenvalue weighted by molar-refractivity contribution is 7.16. The van der Waals surface area contributed by atoms with Gasteiger partial charge in [0.2, 0.25) is 5.91 Å². The van der Waals surface area contributed by atoms with Crippen LogP contribution in [0.1, 0.15) is 34.6 Å². The normalized spacial score (nSPS) is 11.6. The Labute approximate surface area is 170 Å². The summed E-state index contributed by atoms with van der Waals surface area (Å²) < 4.78 is 5.29. The molecule has 0 aliphatic rings. The summed E-state index contributed by atoms with van der Waals surface area (Å²) in [4.78, 5) is 37.1. The van der Waals surface area contributed by atoms with Gasteiger partial charge in [-0.3, -0.25) is 9.59 Å². The van der Waals surface area contributed by atoms with Gasteiger partial charge in [0.05, 0.1) is 16.3 Å². The summed E-state index contributed by atoms with van der Waals surface area (Å²) in [6, 6.07) is 4.63. The van der Waals surface area contributed by atoms with Crippen molar-refractivity contribution >= 4 is 63.0 Å². The molecule has 0 saturated carbocycles. The minimum absolute atomic E-state index is 0.247. The molecule has 1 aromatic heterocycles. The summed E-state index contributed by atoms with van der Waals surface area (Å²) in [5, 5.41) is 6.31. The molecule has 0 aliphatic carbocycles. The average molecular weight is 429 g/mol. The van der Waals surface area contributed by atoms with Gasteiger partial charge in [-0.1, -0.05) is 23.2 Å². The van der Waals surface area contributed by atoms with Crippen LogP contribution in [0.2, 0.25) is 10.0 Å². The molecular formula is C18H18Cl2N2O4S. The van der Waals surface area contributed by atoms with E-state index in [2.05, 4.69) is 10.6 Å². The van der Waals surface area contributed by atoms with Gasteiger partial charge >= 0.3 is 5.97 Å². The maximum absolute atomic E-state index is 12.6.